The third-order valence-corrected chi connectivity index (χ3v) is 8.92. The number of rotatable bonds is 12. The normalized spacial score (nSPS) is 27.4. The number of nitrogens with one attached hydrogen (secondary N) is 1. The van der Waals surface area contributed by atoms with Gasteiger partial charge in [0.25, 0.3) is 0 Å². The molecule has 12 nitrogen and oxygen atoms in total. The first-order valence-electron chi connectivity index (χ1n) is 13.3. The molecule has 212 valence electrons. The molecule has 14 heteroatoms. The van der Waals surface area contributed by atoms with Crippen molar-refractivity contribution in [2.24, 2.45) is 0 Å². The molecule has 2 saturated heterocycles. The summed E-state index contributed by atoms with van der Waals surface area (Å²) in [5.41, 5.74) is 0.623. The number of hydrogen-bond acceptors (Lipinski definition) is 11. The van der Waals surface area contributed by atoms with Crippen molar-refractivity contribution in [3.63, 3.8) is 0 Å². The summed E-state index contributed by atoms with van der Waals surface area (Å²) in [6, 6.07) is 0.374. The van der Waals surface area contributed by atoms with Crippen LogP contribution in [0.25, 0.3) is 11.0 Å². The van der Waals surface area contributed by atoms with E-state index in [9.17, 15) is 4.57 Å². The van der Waals surface area contributed by atoms with Gasteiger partial charge in [0.15, 0.2) is 11.4 Å². The second-order valence-electron chi connectivity index (χ2n) is 10.3. The van der Waals surface area contributed by atoms with Gasteiger partial charge in [0.05, 0.1) is 37.9 Å². The standard InChI is InChI=1S/C24H37ClN5O7P/c1-5-33-38(31,34-6-2)14-32-13-18-20-19(36-24(3,4)37-20)17(35-18)12-30-22-16(11-26-30)21(28-23(25)29-22)27-15-9-7-8-10-15/h11,15,17-20H,5-10,12-14H2,1-4H3,(H,27,28,29)/t17-,18-,19+,20-/m1/s1. The van der Waals surface area contributed by atoms with Gasteiger partial charge in [-0.05, 0) is 52.1 Å². The average molecular weight is 574 g/mol. The van der Waals surface area contributed by atoms with Crippen LogP contribution in [-0.2, 0) is 39.1 Å². The van der Waals surface area contributed by atoms with E-state index in [-0.39, 0.29) is 49.8 Å². The van der Waals surface area contributed by atoms with Crippen LogP contribution >= 0.6 is 19.2 Å². The molecule has 0 radical (unpaired) electrons. The quantitative estimate of drug-likeness (QED) is 0.287. The average Bonchev–Trinajstić information content (AvgIpc) is 3.61. The highest BCUT2D eigenvalue weighted by atomic mass is 35.5. The molecular weight excluding hydrogens is 537 g/mol. The minimum atomic E-state index is -3.34. The third-order valence-electron chi connectivity index (χ3n) is 6.95. The maximum absolute atomic E-state index is 12.8. The zero-order valence-electron chi connectivity index (χ0n) is 22.3. The Kier molecular flexibility index (Phi) is 8.62. The predicted octanol–water partition coefficient (Wildman–Crippen LogP) is 4.36. The molecule has 4 heterocycles. The van der Waals surface area contributed by atoms with Crippen LogP contribution in [-0.4, -0.2) is 82.2 Å². The Balaban J connectivity index is 1.30. The number of hydrogen-bond donors (Lipinski definition) is 1. The lowest BCUT2D eigenvalue weighted by atomic mass is 10.1. The molecule has 5 rings (SSSR count). The van der Waals surface area contributed by atoms with Gasteiger partial charge >= 0.3 is 7.60 Å². The number of aromatic nitrogens is 4. The number of nitrogens with zero attached hydrogens (tertiary/aromatic N) is 4. The molecule has 0 aromatic carbocycles. The van der Waals surface area contributed by atoms with Crippen molar-refractivity contribution in [1.29, 1.82) is 0 Å². The maximum atomic E-state index is 12.8. The number of halogens is 1. The van der Waals surface area contributed by atoms with Crippen LogP contribution in [0.5, 0.6) is 0 Å². The van der Waals surface area contributed by atoms with Crippen molar-refractivity contribution in [2.75, 3.05) is 31.5 Å². The second kappa shape index (κ2) is 11.6. The van der Waals surface area contributed by atoms with Gasteiger partial charge < -0.3 is 33.3 Å². The first-order valence-corrected chi connectivity index (χ1v) is 15.4. The largest absolute Gasteiger partial charge is 0.367 e. The van der Waals surface area contributed by atoms with Gasteiger partial charge in [0.1, 0.15) is 36.6 Å². The van der Waals surface area contributed by atoms with E-state index in [1.165, 1.54) is 12.8 Å². The zero-order valence-corrected chi connectivity index (χ0v) is 24.0. The fourth-order valence-electron chi connectivity index (χ4n) is 5.44. The monoisotopic (exact) mass is 573 g/mol. The summed E-state index contributed by atoms with van der Waals surface area (Å²) in [5, 5.41) is 9.06. The molecule has 4 atom stereocenters. The lowest BCUT2D eigenvalue weighted by molar-refractivity contribution is -0.192. The van der Waals surface area contributed by atoms with Crippen LogP contribution in [0.1, 0.15) is 53.4 Å². The Labute approximate surface area is 227 Å². The molecule has 0 bridgehead atoms. The molecule has 0 unspecified atom stereocenters. The van der Waals surface area contributed by atoms with Crippen LogP contribution in [0.2, 0.25) is 5.28 Å². The van der Waals surface area contributed by atoms with E-state index in [0.29, 0.717) is 24.1 Å². The molecule has 0 spiro atoms. The van der Waals surface area contributed by atoms with Crippen LogP contribution in [0, 0.1) is 0 Å². The van der Waals surface area contributed by atoms with Crippen molar-refractivity contribution in [3.8, 4) is 0 Å². The maximum Gasteiger partial charge on any atom is 0.356 e. The Morgan fingerprint density at radius 2 is 1.82 bits per heavy atom. The van der Waals surface area contributed by atoms with E-state index in [0.717, 1.165) is 18.2 Å². The Morgan fingerprint density at radius 1 is 1.13 bits per heavy atom. The van der Waals surface area contributed by atoms with E-state index in [2.05, 4.69) is 20.4 Å². The molecule has 1 N–H and O–H groups in total. The summed E-state index contributed by atoms with van der Waals surface area (Å²) in [6.07, 6.45) is 4.67. The summed E-state index contributed by atoms with van der Waals surface area (Å²) in [5.74, 6) is -0.0818. The molecule has 1 saturated carbocycles. The molecule has 1 aliphatic carbocycles. The summed E-state index contributed by atoms with van der Waals surface area (Å²) >= 11 is 6.30. The first kappa shape index (κ1) is 28.2. The summed E-state index contributed by atoms with van der Waals surface area (Å²) < 4.78 is 49.7. The smallest absolute Gasteiger partial charge is 0.356 e. The Morgan fingerprint density at radius 3 is 2.50 bits per heavy atom. The van der Waals surface area contributed by atoms with Gasteiger partial charge in [0, 0.05) is 6.04 Å². The fraction of sp³-hybridized carbons (Fsp3) is 0.792. The fourth-order valence-corrected chi connectivity index (χ4v) is 6.95. The Bertz CT molecular complexity index is 1150. The number of fused-ring (bicyclic) bond motifs is 2. The van der Waals surface area contributed by atoms with Crippen LogP contribution in [0.3, 0.4) is 0 Å². The van der Waals surface area contributed by atoms with E-state index >= 15 is 0 Å². The first-order chi connectivity index (χ1) is 18.2. The minimum Gasteiger partial charge on any atom is -0.367 e. The molecule has 2 aliphatic heterocycles. The molecule has 38 heavy (non-hydrogen) atoms. The number of ether oxygens (including phenoxy) is 4. The number of anilines is 1. The van der Waals surface area contributed by atoms with Gasteiger partial charge in [-0.15, -0.1) is 0 Å². The lowest BCUT2D eigenvalue weighted by Gasteiger charge is -2.24. The zero-order chi connectivity index (χ0) is 26.9. The third kappa shape index (κ3) is 6.18. The summed E-state index contributed by atoms with van der Waals surface area (Å²) in [7, 11) is -3.34. The van der Waals surface area contributed by atoms with E-state index in [1.807, 2.05) is 13.8 Å². The molecule has 2 aromatic heterocycles. The molecule has 2 aromatic rings. The highest BCUT2D eigenvalue weighted by molar-refractivity contribution is 7.53. The highest BCUT2D eigenvalue weighted by Gasteiger charge is 2.55. The van der Waals surface area contributed by atoms with Gasteiger partial charge in [-0.3, -0.25) is 4.57 Å². The van der Waals surface area contributed by atoms with Gasteiger partial charge in [-0.1, -0.05) is 12.8 Å². The minimum absolute atomic E-state index is 0.143. The van der Waals surface area contributed by atoms with Crippen molar-refractivity contribution in [1.82, 2.24) is 19.7 Å². The van der Waals surface area contributed by atoms with Gasteiger partial charge in [-0.2, -0.15) is 15.1 Å². The van der Waals surface area contributed by atoms with Crippen LogP contribution in [0.4, 0.5) is 5.82 Å². The summed E-state index contributed by atoms with van der Waals surface area (Å²) in [6.45, 7) is 8.31. The Hall–Kier alpha value is -1.37. The molecule has 3 fully saturated rings. The van der Waals surface area contributed by atoms with Crippen molar-refractivity contribution < 1.29 is 32.6 Å². The van der Waals surface area contributed by atoms with Crippen LogP contribution < -0.4 is 5.32 Å². The van der Waals surface area contributed by atoms with Crippen molar-refractivity contribution >= 4 is 36.0 Å². The second-order valence-corrected chi connectivity index (χ2v) is 12.6. The topological polar surface area (TPSA) is 128 Å². The highest BCUT2D eigenvalue weighted by Crippen LogP contribution is 2.48. The van der Waals surface area contributed by atoms with Gasteiger partial charge in [-0.25, -0.2) is 4.68 Å². The van der Waals surface area contributed by atoms with Crippen LogP contribution in [0.15, 0.2) is 6.20 Å². The molecular formula is C24H37ClN5O7P. The van der Waals surface area contributed by atoms with E-state index < -0.39 is 19.5 Å². The molecule has 3 aliphatic rings. The van der Waals surface area contributed by atoms with E-state index in [4.69, 9.17) is 39.6 Å². The SMILES string of the molecule is CCOP(=O)(COC[C@H]1O[C@H](Cn2ncc3c(NC4CCCC4)nc(Cl)nc32)[C@@H]2OC(C)(C)O[C@@H]21)OCC. The van der Waals surface area contributed by atoms with E-state index in [1.54, 1.807) is 24.7 Å². The summed E-state index contributed by atoms with van der Waals surface area (Å²) in [4.78, 5) is 8.89. The van der Waals surface area contributed by atoms with Gasteiger partial charge in [0.2, 0.25) is 5.28 Å². The van der Waals surface area contributed by atoms with Crippen molar-refractivity contribution in [3.05, 3.63) is 11.5 Å². The molecule has 0 amide bonds. The lowest BCUT2D eigenvalue weighted by Crippen LogP contribution is -2.33. The van der Waals surface area contributed by atoms with Crippen molar-refractivity contribution in [2.45, 2.75) is 96.2 Å². The predicted molar refractivity (Wildman–Crippen MR) is 140 cm³/mol.